The van der Waals surface area contributed by atoms with Crippen LogP contribution in [0.4, 0.5) is 0 Å². The molecule has 5 N–H and O–H groups in total. The molecule has 0 saturated carbocycles. The van der Waals surface area contributed by atoms with Gasteiger partial charge < -0.3 is 70.0 Å². The van der Waals surface area contributed by atoms with Crippen molar-refractivity contribution in [2.45, 2.75) is 312 Å². The summed E-state index contributed by atoms with van der Waals surface area (Å²) in [6, 6.07) is -4.88. The molecule has 0 fully saturated rings. The monoisotopic (exact) mass is 1530 g/mol. The summed E-state index contributed by atoms with van der Waals surface area (Å²) in [5, 5.41) is 14.8. The van der Waals surface area contributed by atoms with E-state index in [9.17, 15) is 57.5 Å². The summed E-state index contributed by atoms with van der Waals surface area (Å²) in [6.07, 6.45) is 12.0. The van der Waals surface area contributed by atoms with Gasteiger partial charge in [-0.2, -0.15) is 0 Å². The highest BCUT2D eigenvalue weighted by Crippen LogP contribution is 2.23. The van der Waals surface area contributed by atoms with Gasteiger partial charge in [0.15, 0.2) is 0 Å². The van der Waals surface area contributed by atoms with Gasteiger partial charge in [-0.25, -0.2) is 0 Å². The highest BCUT2D eigenvalue weighted by Gasteiger charge is 2.38. The van der Waals surface area contributed by atoms with Crippen molar-refractivity contribution in [1.82, 2.24) is 51.1 Å². The van der Waals surface area contributed by atoms with E-state index in [0.717, 1.165) is 51.4 Å². The fourth-order valence-corrected chi connectivity index (χ4v) is 13.3. The maximum Gasteiger partial charge on any atom is 0.307 e. The van der Waals surface area contributed by atoms with Crippen LogP contribution in [0.3, 0.4) is 0 Å². The van der Waals surface area contributed by atoms with Gasteiger partial charge in [0.05, 0.1) is 41.3 Å². The molecule has 108 heavy (non-hydrogen) atoms. The van der Waals surface area contributed by atoms with Gasteiger partial charge >= 0.3 is 23.9 Å². The van der Waals surface area contributed by atoms with Gasteiger partial charge in [-0.1, -0.05) is 141 Å². The van der Waals surface area contributed by atoms with Crippen molar-refractivity contribution in [3.63, 3.8) is 0 Å². The molecule has 0 aliphatic heterocycles. The van der Waals surface area contributed by atoms with Gasteiger partial charge in [-0.3, -0.25) is 67.1 Å². The number of methoxy groups -OCH3 is 4. The smallest absolute Gasteiger partial charge is 0.307 e. The SMILES string of the molecule is CCCCCCNC(=O)C(C(C)C)N(CCC(=O)OC)C(=O)CCCCCN(C(=O)CCCC(=O)N(CCC(=O)OC)C(C(=O)NCCCCCC)C(C)C)C(CCCC(=O)N(CCC)C(C(=O)NCCCCCC(=O)OC)C(C)C)C(=O)NCCC(=O)N(CCC)C(C(=O)NCCCCCC(=O)OC)C(C)C. The zero-order valence-corrected chi connectivity index (χ0v) is 69.3. The van der Waals surface area contributed by atoms with E-state index in [2.05, 4.69) is 40.4 Å². The molecular weight excluding hydrogens is 1390 g/mol. The van der Waals surface area contributed by atoms with E-state index in [-0.39, 0.29) is 200 Å². The van der Waals surface area contributed by atoms with Crippen LogP contribution < -0.4 is 26.6 Å². The third-order valence-electron chi connectivity index (χ3n) is 19.1. The number of amides is 10. The van der Waals surface area contributed by atoms with Crippen LogP contribution in [0.2, 0.25) is 0 Å². The highest BCUT2D eigenvalue weighted by molar-refractivity contribution is 5.92. The fourth-order valence-electron chi connectivity index (χ4n) is 13.3. The topological polar surface area (TPSA) is 352 Å². The van der Waals surface area contributed by atoms with E-state index in [4.69, 9.17) is 18.9 Å². The Kier molecular flexibility index (Phi) is 56.2. The molecule has 28 heteroatoms. The summed E-state index contributed by atoms with van der Waals surface area (Å²) in [6.45, 7) is 24.0. The molecule has 0 aromatic heterocycles. The average molecular weight is 1530 g/mol. The molecule has 0 aliphatic rings. The molecule has 0 rings (SSSR count). The Labute approximate surface area is 647 Å². The minimum Gasteiger partial charge on any atom is -0.469 e. The van der Waals surface area contributed by atoms with Crippen molar-refractivity contribution in [1.29, 1.82) is 0 Å². The number of nitrogens with one attached hydrogen (secondary N) is 5. The standard InChI is InChI=1S/C80H144N10O18/c1-17-21-23-31-48-81-79(103)74(60(9)10)89(56-46-70(98)107-15)64(92)39-28-27-35-55-86(63(91)41-37-42-66(94)90(57-47-71(99)108-16)75(61(11)12)80(104)82-49-32-24-22-18-2)62(38-36-40-65(93)87(53-19-3)72(58(5)6)77(101)83-50-33-25-29-43-68(96)105-13)76(100)85-52-45-67(95)88(54-20-4)73(59(7)8)78(102)84-51-34-26-30-44-69(97)106-14/h58-62,72-75H,17-57H2,1-16H3,(H,81,103)(H,82,104)(H,83,101)(H,84,102)(H,85,100). The first kappa shape index (κ1) is 101. The molecule has 622 valence electrons. The number of carbonyl (C=O) groups excluding carboxylic acids is 14. The van der Waals surface area contributed by atoms with Gasteiger partial charge in [0.2, 0.25) is 59.1 Å². The van der Waals surface area contributed by atoms with Gasteiger partial charge in [0.1, 0.15) is 30.2 Å². The van der Waals surface area contributed by atoms with E-state index in [1.54, 1.807) is 18.7 Å². The van der Waals surface area contributed by atoms with E-state index in [1.807, 2.05) is 55.4 Å². The van der Waals surface area contributed by atoms with Crippen LogP contribution in [0, 0.1) is 23.7 Å². The second-order valence-corrected chi connectivity index (χ2v) is 29.5. The number of carbonyl (C=O) groups is 14. The van der Waals surface area contributed by atoms with Gasteiger partial charge in [0.25, 0.3) is 0 Å². The fraction of sp³-hybridized carbons (Fsp3) is 0.825. The lowest BCUT2D eigenvalue weighted by Gasteiger charge is -2.35. The Balaban J connectivity index is 7.91. The lowest BCUT2D eigenvalue weighted by molar-refractivity contribution is -0.147. The number of unbranched alkanes of at least 4 members (excludes halogenated alkanes) is 12. The van der Waals surface area contributed by atoms with Crippen molar-refractivity contribution >= 4 is 82.9 Å². The number of hydrogen-bond donors (Lipinski definition) is 5. The molecule has 0 aromatic carbocycles. The van der Waals surface area contributed by atoms with Crippen molar-refractivity contribution in [3.05, 3.63) is 0 Å². The Morgan fingerprint density at radius 2 is 0.528 bits per heavy atom. The van der Waals surface area contributed by atoms with Crippen molar-refractivity contribution in [2.75, 3.05) is 93.9 Å². The number of ether oxygens (including phenoxy) is 4. The summed E-state index contributed by atoms with van der Waals surface area (Å²) in [5.41, 5.74) is 0. The average Bonchev–Trinajstić information content (AvgIpc) is 0.862. The first-order valence-corrected chi connectivity index (χ1v) is 40.6. The minimum absolute atomic E-state index is 0.0390. The number of nitrogens with zero attached hydrogens (tertiary/aromatic N) is 5. The van der Waals surface area contributed by atoms with Gasteiger partial charge in [-0.05, 0) is 107 Å². The molecule has 5 unspecified atom stereocenters. The minimum atomic E-state index is -1.29. The van der Waals surface area contributed by atoms with Gasteiger partial charge in [0, 0.05) is 110 Å². The van der Waals surface area contributed by atoms with Crippen LogP contribution in [0.25, 0.3) is 0 Å². The molecule has 0 aliphatic carbocycles. The molecular formula is C80H144N10O18. The van der Waals surface area contributed by atoms with Crippen molar-refractivity contribution in [3.8, 4) is 0 Å². The molecule has 0 saturated heterocycles. The Bertz CT molecular complexity index is 2680. The normalized spacial score (nSPS) is 12.6. The predicted octanol–water partition coefficient (Wildman–Crippen LogP) is 9.04. The summed E-state index contributed by atoms with van der Waals surface area (Å²) in [4.78, 5) is 200. The van der Waals surface area contributed by atoms with Gasteiger partial charge in [-0.15, -0.1) is 0 Å². The molecule has 10 amide bonds. The summed E-state index contributed by atoms with van der Waals surface area (Å²) in [7, 11) is 5.13. The molecule has 5 atom stereocenters. The molecule has 0 bridgehead atoms. The molecule has 28 nitrogen and oxygen atoms in total. The zero-order valence-electron chi connectivity index (χ0n) is 69.3. The first-order chi connectivity index (χ1) is 51.5. The Hall–Kier alpha value is -7.42. The van der Waals surface area contributed by atoms with Crippen molar-refractivity contribution < 1.29 is 86.1 Å². The maximum atomic E-state index is 15.3. The highest BCUT2D eigenvalue weighted by atomic mass is 16.5. The zero-order chi connectivity index (χ0) is 81.5. The summed E-state index contributed by atoms with van der Waals surface area (Å²) < 4.78 is 19.4. The second-order valence-electron chi connectivity index (χ2n) is 29.5. The third kappa shape index (κ3) is 41.4. The number of esters is 4. The second kappa shape index (κ2) is 60.4. The third-order valence-corrected chi connectivity index (χ3v) is 19.1. The summed E-state index contributed by atoms with van der Waals surface area (Å²) in [5.74, 6) is -7.38. The number of hydrogen-bond acceptors (Lipinski definition) is 18. The van der Waals surface area contributed by atoms with E-state index in [0.29, 0.717) is 84.0 Å². The quantitative estimate of drug-likeness (QED) is 0.0215. The molecule has 0 radical (unpaired) electrons. The Morgan fingerprint density at radius 1 is 0.250 bits per heavy atom. The summed E-state index contributed by atoms with van der Waals surface area (Å²) >= 11 is 0. The largest absolute Gasteiger partial charge is 0.469 e. The van der Waals surface area contributed by atoms with Crippen LogP contribution in [-0.2, 0) is 86.1 Å². The lowest BCUT2D eigenvalue weighted by atomic mass is 9.99. The molecule has 0 heterocycles. The molecule has 0 aromatic rings. The van der Waals surface area contributed by atoms with Crippen LogP contribution >= 0.6 is 0 Å². The van der Waals surface area contributed by atoms with E-state index >= 15 is 9.59 Å². The Morgan fingerprint density at radius 3 is 0.861 bits per heavy atom. The first-order valence-electron chi connectivity index (χ1n) is 40.6. The van der Waals surface area contributed by atoms with Crippen LogP contribution in [-0.4, -0.2) is 232 Å². The lowest BCUT2D eigenvalue weighted by Crippen LogP contribution is -2.54. The van der Waals surface area contributed by atoms with Crippen LogP contribution in [0.15, 0.2) is 0 Å². The van der Waals surface area contributed by atoms with E-state index < -0.39 is 65.8 Å². The predicted molar refractivity (Wildman–Crippen MR) is 416 cm³/mol. The maximum absolute atomic E-state index is 15.3. The van der Waals surface area contributed by atoms with Crippen LogP contribution in [0.1, 0.15) is 282 Å². The number of rotatable bonds is 63. The van der Waals surface area contributed by atoms with E-state index in [1.165, 1.54) is 48.0 Å². The van der Waals surface area contributed by atoms with Crippen molar-refractivity contribution in [2.24, 2.45) is 23.7 Å². The van der Waals surface area contributed by atoms with Crippen LogP contribution in [0.5, 0.6) is 0 Å². The molecule has 0 spiro atoms.